The number of nitrogens with zero attached hydrogens (tertiary/aromatic N) is 4. The van der Waals surface area contributed by atoms with Crippen LogP contribution in [0.4, 0.5) is 0 Å². The quantitative estimate of drug-likeness (QED) is 0.563. The van der Waals surface area contributed by atoms with Gasteiger partial charge in [0.1, 0.15) is 5.75 Å². The van der Waals surface area contributed by atoms with Crippen molar-refractivity contribution in [3.05, 3.63) is 41.6 Å². The first-order chi connectivity index (χ1) is 16.3. The average Bonchev–Trinajstić information content (AvgIpc) is 3.36. The third-order valence-electron chi connectivity index (χ3n) is 6.95. The number of amides is 1. The van der Waals surface area contributed by atoms with Crippen LogP contribution >= 0.6 is 0 Å². The molecule has 5 rings (SSSR count). The van der Waals surface area contributed by atoms with E-state index in [2.05, 4.69) is 6.92 Å². The lowest BCUT2D eigenvalue weighted by Gasteiger charge is -2.31. The molecule has 2 aliphatic rings. The van der Waals surface area contributed by atoms with E-state index in [9.17, 15) is 13.2 Å². The SMILES string of the molecule is COc1ccc(-c2cc(C(=O)N3CCC[C@@H](C)C3)c3c(C)nn([C@H]4CCS(=O)(=O)C4)c3n2)cc1. The van der Waals surface area contributed by atoms with Crippen LogP contribution < -0.4 is 4.74 Å². The standard InChI is InChI=1S/C25H30N4O4S/c1-16-5-4-11-28(14-16)25(30)21-13-22(18-6-8-20(33-3)9-7-18)26-24-23(21)17(2)27-29(24)19-10-12-34(31,32)15-19/h6-9,13,16,19H,4-5,10-12,14-15H2,1-3H3/t16-,19+/m1/s1. The van der Waals surface area contributed by atoms with Crippen LogP contribution in [0.5, 0.6) is 5.75 Å². The highest BCUT2D eigenvalue weighted by Gasteiger charge is 2.33. The first-order valence-corrected chi connectivity index (χ1v) is 13.6. The molecule has 2 aliphatic heterocycles. The fourth-order valence-corrected chi connectivity index (χ4v) is 6.85. The Morgan fingerprint density at radius 2 is 1.94 bits per heavy atom. The van der Waals surface area contributed by atoms with Gasteiger partial charge >= 0.3 is 0 Å². The lowest BCUT2D eigenvalue weighted by molar-refractivity contribution is 0.0685. The molecule has 2 atom stereocenters. The number of sulfone groups is 1. The Labute approximate surface area is 199 Å². The van der Waals surface area contributed by atoms with E-state index in [1.54, 1.807) is 11.8 Å². The maximum absolute atomic E-state index is 13.8. The van der Waals surface area contributed by atoms with Gasteiger partial charge in [-0.15, -0.1) is 0 Å². The van der Waals surface area contributed by atoms with Crippen LogP contribution in [0.25, 0.3) is 22.3 Å². The van der Waals surface area contributed by atoms with Crippen LogP contribution in [0.3, 0.4) is 0 Å². The number of benzene rings is 1. The maximum atomic E-state index is 13.8. The number of ether oxygens (including phenoxy) is 1. The summed E-state index contributed by atoms with van der Waals surface area (Å²) in [6.45, 7) is 5.51. The highest BCUT2D eigenvalue weighted by Crippen LogP contribution is 2.33. The second-order valence-electron chi connectivity index (χ2n) is 9.57. The van der Waals surface area contributed by atoms with Gasteiger partial charge in [-0.3, -0.25) is 4.79 Å². The zero-order chi connectivity index (χ0) is 24.0. The van der Waals surface area contributed by atoms with Gasteiger partial charge in [-0.25, -0.2) is 18.1 Å². The molecule has 8 nitrogen and oxygen atoms in total. The smallest absolute Gasteiger partial charge is 0.254 e. The molecule has 34 heavy (non-hydrogen) atoms. The summed E-state index contributed by atoms with van der Waals surface area (Å²) in [7, 11) is -1.48. The Bertz CT molecular complexity index is 1350. The van der Waals surface area contributed by atoms with Crippen molar-refractivity contribution >= 4 is 26.8 Å². The average molecular weight is 483 g/mol. The van der Waals surface area contributed by atoms with Crippen molar-refractivity contribution in [1.82, 2.24) is 19.7 Å². The number of hydrogen-bond donors (Lipinski definition) is 0. The molecule has 1 aromatic carbocycles. The first kappa shape index (κ1) is 22.8. The Hall–Kier alpha value is -2.94. The minimum absolute atomic E-state index is 0.0181. The molecule has 0 spiro atoms. The molecule has 180 valence electrons. The third kappa shape index (κ3) is 4.17. The zero-order valence-electron chi connectivity index (χ0n) is 19.8. The Balaban J connectivity index is 1.68. The Kier molecular flexibility index (Phi) is 5.83. The van der Waals surface area contributed by atoms with Gasteiger partial charge in [-0.05, 0) is 62.4 Å². The monoisotopic (exact) mass is 482 g/mol. The normalized spacial score (nSPS) is 22.3. The van der Waals surface area contributed by atoms with Crippen molar-refractivity contribution < 1.29 is 17.9 Å². The highest BCUT2D eigenvalue weighted by atomic mass is 32.2. The minimum Gasteiger partial charge on any atom is -0.497 e. The van der Waals surface area contributed by atoms with Gasteiger partial charge in [0.2, 0.25) is 0 Å². The van der Waals surface area contributed by atoms with Crippen molar-refractivity contribution in [1.29, 1.82) is 0 Å². The molecular weight excluding hydrogens is 452 g/mol. The van der Waals surface area contributed by atoms with Crippen LogP contribution in [0.1, 0.15) is 48.3 Å². The molecule has 2 fully saturated rings. The first-order valence-electron chi connectivity index (χ1n) is 11.8. The van der Waals surface area contributed by atoms with E-state index >= 15 is 0 Å². The van der Waals surface area contributed by atoms with E-state index in [4.69, 9.17) is 14.8 Å². The van der Waals surface area contributed by atoms with Crippen LogP contribution in [0.2, 0.25) is 0 Å². The van der Waals surface area contributed by atoms with Crippen molar-refractivity contribution in [2.24, 2.45) is 5.92 Å². The molecule has 4 heterocycles. The molecule has 0 bridgehead atoms. The molecule has 0 N–H and O–H groups in total. The van der Waals surface area contributed by atoms with E-state index in [0.717, 1.165) is 37.2 Å². The lowest BCUT2D eigenvalue weighted by atomic mass is 9.98. The summed E-state index contributed by atoms with van der Waals surface area (Å²) in [5.74, 6) is 1.37. The number of pyridine rings is 1. The summed E-state index contributed by atoms with van der Waals surface area (Å²) in [4.78, 5) is 20.6. The van der Waals surface area contributed by atoms with Gasteiger partial charge in [0.15, 0.2) is 15.5 Å². The number of carbonyl (C=O) groups is 1. The number of piperidine rings is 1. The van der Waals surface area contributed by atoms with E-state index in [0.29, 0.717) is 40.3 Å². The predicted octanol–water partition coefficient (Wildman–Crippen LogP) is 3.65. The molecule has 0 unspecified atom stereocenters. The van der Waals surface area contributed by atoms with Gasteiger partial charge in [-0.2, -0.15) is 5.10 Å². The Morgan fingerprint density at radius 1 is 1.18 bits per heavy atom. The lowest BCUT2D eigenvalue weighted by Crippen LogP contribution is -2.39. The van der Waals surface area contributed by atoms with Crippen molar-refractivity contribution in [2.45, 2.75) is 39.2 Å². The molecule has 0 radical (unpaired) electrons. The second-order valence-corrected chi connectivity index (χ2v) is 11.8. The summed E-state index contributed by atoms with van der Waals surface area (Å²) in [6, 6.07) is 9.13. The number of hydrogen-bond acceptors (Lipinski definition) is 6. The minimum atomic E-state index is -3.10. The maximum Gasteiger partial charge on any atom is 0.254 e. The largest absolute Gasteiger partial charge is 0.497 e. The number of carbonyl (C=O) groups excluding carboxylic acids is 1. The van der Waals surface area contributed by atoms with E-state index in [1.807, 2.05) is 42.2 Å². The van der Waals surface area contributed by atoms with Crippen LogP contribution in [0, 0.1) is 12.8 Å². The molecule has 0 aliphatic carbocycles. The number of methoxy groups -OCH3 is 1. The van der Waals surface area contributed by atoms with E-state index in [-0.39, 0.29) is 23.5 Å². The van der Waals surface area contributed by atoms with E-state index < -0.39 is 9.84 Å². The predicted molar refractivity (Wildman–Crippen MR) is 131 cm³/mol. The fraction of sp³-hybridized carbons (Fsp3) is 0.480. The zero-order valence-corrected chi connectivity index (χ0v) is 20.6. The molecule has 3 aromatic rings. The van der Waals surface area contributed by atoms with Gasteiger partial charge in [0.05, 0.1) is 47.0 Å². The van der Waals surface area contributed by atoms with Gasteiger partial charge in [0.25, 0.3) is 5.91 Å². The molecular formula is C25H30N4O4S. The van der Waals surface area contributed by atoms with Gasteiger partial charge in [0, 0.05) is 18.7 Å². The summed E-state index contributed by atoms with van der Waals surface area (Å²) in [6.07, 6.45) is 2.62. The third-order valence-corrected chi connectivity index (χ3v) is 8.70. The van der Waals surface area contributed by atoms with Crippen molar-refractivity contribution in [3.63, 3.8) is 0 Å². The molecule has 2 aromatic heterocycles. The van der Waals surface area contributed by atoms with Crippen molar-refractivity contribution in [3.8, 4) is 17.0 Å². The summed E-state index contributed by atoms with van der Waals surface area (Å²) in [5, 5.41) is 5.41. The second kappa shape index (κ2) is 8.69. The molecule has 1 amide bonds. The molecule has 9 heteroatoms. The molecule has 2 saturated heterocycles. The number of fused-ring (bicyclic) bond motifs is 1. The Morgan fingerprint density at radius 3 is 2.59 bits per heavy atom. The number of likely N-dealkylation sites (tertiary alicyclic amines) is 1. The number of rotatable bonds is 4. The van der Waals surface area contributed by atoms with Crippen LogP contribution in [-0.2, 0) is 9.84 Å². The van der Waals surface area contributed by atoms with Crippen LogP contribution in [-0.4, -0.2) is 65.7 Å². The number of aryl methyl sites for hydroxylation is 1. The van der Waals surface area contributed by atoms with E-state index in [1.165, 1.54) is 0 Å². The fourth-order valence-electron chi connectivity index (χ4n) is 5.16. The molecule has 0 saturated carbocycles. The summed E-state index contributed by atoms with van der Waals surface area (Å²) >= 11 is 0. The number of aromatic nitrogens is 3. The summed E-state index contributed by atoms with van der Waals surface area (Å²) in [5.41, 5.74) is 3.36. The van der Waals surface area contributed by atoms with Crippen LogP contribution in [0.15, 0.2) is 30.3 Å². The van der Waals surface area contributed by atoms with Gasteiger partial charge < -0.3 is 9.64 Å². The van der Waals surface area contributed by atoms with Crippen molar-refractivity contribution in [2.75, 3.05) is 31.7 Å². The summed E-state index contributed by atoms with van der Waals surface area (Å²) < 4.78 is 31.4. The highest BCUT2D eigenvalue weighted by molar-refractivity contribution is 7.91. The topological polar surface area (TPSA) is 94.4 Å². The van der Waals surface area contributed by atoms with Gasteiger partial charge in [-0.1, -0.05) is 6.92 Å².